The van der Waals surface area contributed by atoms with Gasteiger partial charge in [-0.25, -0.2) is 10.2 Å². The van der Waals surface area contributed by atoms with Gasteiger partial charge >= 0.3 is 5.97 Å². The van der Waals surface area contributed by atoms with E-state index in [1.807, 2.05) is 43.5 Å². The summed E-state index contributed by atoms with van der Waals surface area (Å²) < 4.78 is 12.4. The highest BCUT2D eigenvalue weighted by atomic mass is 16.5. The molecule has 7 nitrogen and oxygen atoms in total. The molecule has 0 spiro atoms. The molecule has 1 aromatic heterocycles. The number of aromatic nitrogens is 1. The first kappa shape index (κ1) is 22.8. The number of hydrazone groups is 1. The average Bonchev–Trinajstić information content (AvgIpc) is 3.10. The largest absolute Gasteiger partial charge is 0.494 e. The van der Waals surface area contributed by atoms with E-state index in [1.165, 1.54) is 7.11 Å². The number of carbonyl (C=O) groups excluding carboxylic acids is 2. The Hall–Kier alpha value is -3.87. The number of aryl methyl sites for hydroxylation is 1. The Morgan fingerprint density at radius 3 is 2.50 bits per heavy atom. The van der Waals surface area contributed by atoms with Gasteiger partial charge in [0, 0.05) is 28.2 Å². The fraction of sp³-hybridized carbons (Fsp3) is 0.240. The molecule has 3 aromatic rings. The van der Waals surface area contributed by atoms with Crippen LogP contribution in [0.1, 0.15) is 51.0 Å². The van der Waals surface area contributed by atoms with E-state index in [4.69, 9.17) is 9.47 Å². The third-order valence-corrected chi connectivity index (χ3v) is 4.95. The molecule has 0 saturated heterocycles. The molecule has 166 valence electrons. The van der Waals surface area contributed by atoms with Gasteiger partial charge in [-0.2, -0.15) is 5.10 Å². The van der Waals surface area contributed by atoms with Crippen LogP contribution in [-0.2, 0) is 4.74 Å². The number of benzene rings is 2. The summed E-state index contributed by atoms with van der Waals surface area (Å²) in [7, 11) is 1.36. The molecule has 0 fully saturated rings. The third-order valence-electron chi connectivity index (χ3n) is 4.95. The SMILES string of the molecule is CCCOc1ccc(C(=O)N/N=C\c2cc(C)n(-c3cccc(C(=O)OC)c3)c2C)cc1. The van der Waals surface area contributed by atoms with Crippen molar-refractivity contribution in [3.8, 4) is 11.4 Å². The van der Waals surface area contributed by atoms with Crippen LogP contribution in [0, 0.1) is 13.8 Å². The molecule has 1 heterocycles. The van der Waals surface area contributed by atoms with Crippen molar-refractivity contribution in [3.05, 3.63) is 82.7 Å². The minimum atomic E-state index is -0.385. The topological polar surface area (TPSA) is 81.9 Å². The quantitative estimate of drug-likeness (QED) is 0.324. The molecule has 1 amide bonds. The normalized spacial score (nSPS) is 10.9. The van der Waals surface area contributed by atoms with Gasteiger partial charge in [0.05, 0.1) is 25.5 Å². The maximum absolute atomic E-state index is 12.4. The summed E-state index contributed by atoms with van der Waals surface area (Å²) in [5.74, 6) is 0.0438. The zero-order valence-electron chi connectivity index (χ0n) is 18.7. The standard InChI is InChI=1S/C25H27N3O4/c1-5-13-32-23-11-9-19(10-12-23)24(29)27-26-16-21-14-17(2)28(18(21)3)22-8-6-7-20(15-22)25(30)31-4/h6-12,14-16H,5,13H2,1-4H3,(H,27,29)/b26-16-. The number of amides is 1. The Labute approximate surface area is 187 Å². The number of hydrogen-bond donors (Lipinski definition) is 1. The predicted octanol–water partition coefficient (Wildman–Crippen LogP) is 4.43. The summed E-state index contributed by atoms with van der Waals surface area (Å²) in [6.45, 7) is 6.60. The highest BCUT2D eigenvalue weighted by molar-refractivity contribution is 5.95. The number of rotatable bonds is 8. The zero-order chi connectivity index (χ0) is 23.1. The first-order chi connectivity index (χ1) is 15.4. The minimum absolute atomic E-state index is 0.303. The van der Waals surface area contributed by atoms with Gasteiger partial charge in [0.2, 0.25) is 0 Å². The lowest BCUT2D eigenvalue weighted by Gasteiger charge is -2.11. The smallest absolute Gasteiger partial charge is 0.337 e. The van der Waals surface area contributed by atoms with Crippen molar-refractivity contribution in [1.82, 2.24) is 9.99 Å². The highest BCUT2D eigenvalue weighted by Crippen LogP contribution is 2.21. The first-order valence-corrected chi connectivity index (χ1v) is 10.4. The Balaban J connectivity index is 1.72. The Morgan fingerprint density at radius 2 is 1.81 bits per heavy atom. The van der Waals surface area contributed by atoms with Gasteiger partial charge in [-0.15, -0.1) is 0 Å². The monoisotopic (exact) mass is 433 g/mol. The molecular weight excluding hydrogens is 406 g/mol. The second-order valence-electron chi connectivity index (χ2n) is 7.28. The summed E-state index contributed by atoms with van der Waals surface area (Å²) in [6.07, 6.45) is 2.54. The van der Waals surface area contributed by atoms with E-state index in [0.717, 1.165) is 34.8 Å². The van der Waals surface area contributed by atoms with E-state index in [-0.39, 0.29) is 11.9 Å². The molecule has 0 aliphatic heterocycles. The highest BCUT2D eigenvalue weighted by Gasteiger charge is 2.12. The van der Waals surface area contributed by atoms with Gasteiger partial charge in [0.15, 0.2) is 0 Å². The second-order valence-corrected chi connectivity index (χ2v) is 7.28. The molecule has 7 heteroatoms. The van der Waals surface area contributed by atoms with E-state index in [2.05, 4.69) is 10.5 Å². The van der Waals surface area contributed by atoms with Gasteiger partial charge in [-0.3, -0.25) is 4.79 Å². The van der Waals surface area contributed by atoms with Crippen LogP contribution in [0.25, 0.3) is 5.69 Å². The van der Waals surface area contributed by atoms with Gasteiger partial charge in [-0.05, 0) is 68.8 Å². The van der Waals surface area contributed by atoms with Gasteiger partial charge in [0.25, 0.3) is 5.91 Å². The van der Waals surface area contributed by atoms with Crippen molar-refractivity contribution < 1.29 is 19.1 Å². The molecule has 0 atom stereocenters. The summed E-state index contributed by atoms with van der Waals surface area (Å²) in [5, 5.41) is 4.11. The van der Waals surface area contributed by atoms with Crippen molar-refractivity contribution in [2.75, 3.05) is 13.7 Å². The van der Waals surface area contributed by atoms with Crippen molar-refractivity contribution in [2.24, 2.45) is 5.10 Å². The Morgan fingerprint density at radius 1 is 1.06 bits per heavy atom. The van der Waals surface area contributed by atoms with Crippen molar-refractivity contribution >= 4 is 18.1 Å². The Bertz CT molecular complexity index is 1130. The number of hydrogen-bond acceptors (Lipinski definition) is 5. The van der Waals surface area contributed by atoms with E-state index in [1.54, 1.807) is 42.6 Å². The summed E-state index contributed by atoms with van der Waals surface area (Å²) in [6, 6.07) is 16.1. The molecule has 0 radical (unpaired) electrons. The number of nitrogens with one attached hydrogen (secondary N) is 1. The zero-order valence-corrected chi connectivity index (χ0v) is 18.7. The number of esters is 1. The fourth-order valence-electron chi connectivity index (χ4n) is 3.35. The fourth-order valence-corrected chi connectivity index (χ4v) is 3.35. The second kappa shape index (κ2) is 10.4. The maximum Gasteiger partial charge on any atom is 0.337 e. The molecule has 32 heavy (non-hydrogen) atoms. The van der Waals surface area contributed by atoms with Crippen LogP contribution in [0.4, 0.5) is 0 Å². The lowest BCUT2D eigenvalue weighted by atomic mass is 10.2. The van der Waals surface area contributed by atoms with Crippen LogP contribution in [0.15, 0.2) is 59.7 Å². The Kier molecular flexibility index (Phi) is 7.44. The van der Waals surface area contributed by atoms with Crippen LogP contribution in [0.2, 0.25) is 0 Å². The molecule has 0 saturated carbocycles. The maximum atomic E-state index is 12.4. The lowest BCUT2D eigenvalue weighted by Crippen LogP contribution is -2.17. The third kappa shape index (κ3) is 5.24. The average molecular weight is 434 g/mol. The van der Waals surface area contributed by atoms with Crippen molar-refractivity contribution in [3.63, 3.8) is 0 Å². The first-order valence-electron chi connectivity index (χ1n) is 10.4. The number of carbonyl (C=O) groups is 2. The van der Waals surface area contributed by atoms with Crippen LogP contribution in [0.5, 0.6) is 5.75 Å². The predicted molar refractivity (Wildman–Crippen MR) is 124 cm³/mol. The summed E-state index contributed by atoms with van der Waals surface area (Å²) in [5.41, 5.74) is 7.13. The van der Waals surface area contributed by atoms with Crippen molar-refractivity contribution in [1.29, 1.82) is 0 Å². The molecule has 1 N–H and O–H groups in total. The molecule has 0 aliphatic carbocycles. The minimum Gasteiger partial charge on any atom is -0.494 e. The van der Waals surface area contributed by atoms with E-state index in [0.29, 0.717) is 17.7 Å². The molecule has 2 aromatic carbocycles. The molecular formula is C25H27N3O4. The van der Waals surface area contributed by atoms with E-state index >= 15 is 0 Å². The summed E-state index contributed by atoms with van der Waals surface area (Å²) in [4.78, 5) is 24.2. The molecule has 0 unspecified atom stereocenters. The number of ether oxygens (including phenoxy) is 2. The molecule has 3 rings (SSSR count). The number of methoxy groups -OCH3 is 1. The lowest BCUT2D eigenvalue weighted by molar-refractivity contribution is 0.0600. The van der Waals surface area contributed by atoms with E-state index in [9.17, 15) is 9.59 Å². The van der Waals surface area contributed by atoms with Gasteiger partial charge in [-0.1, -0.05) is 13.0 Å². The van der Waals surface area contributed by atoms with Gasteiger partial charge in [0.1, 0.15) is 5.75 Å². The van der Waals surface area contributed by atoms with Crippen molar-refractivity contribution in [2.45, 2.75) is 27.2 Å². The van der Waals surface area contributed by atoms with Crippen LogP contribution in [-0.4, -0.2) is 36.4 Å². The van der Waals surface area contributed by atoms with E-state index < -0.39 is 0 Å². The molecule has 0 aliphatic rings. The number of nitrogens with zero attached hydrogens (tertiary/aromatic N) is 2. The van der Waals surface area contributed by atoms with Crippen LogP contribution in [0.3, 0.4) is 0 Å². The van der Waals surface area contributed by atoms with Gasteiger partial charge < -0.3 is 14.0 Å². The summed E-state index contributed by atoms with van der Waals surface area (Å²) >= 11 is 0. The molecule has 0 bridgehead atoms. The van der Waals surface area contributed by atoms with Crippen LogP contribution < -0.4 is 10.2 Å². The van der Waals surface area contributed by atoms with Crippen LogP contribution >= 0.6 is 0 Å².